The number of anilines is 1. The van der Waals surface area contributed by atoms with Crippen LogP contribution in [0.2, 0.25) is 15.1 Å². The summed E-state index contributed by atoms with van der Waals surface area (Å²) in [5.74, 6) is 0.877. The number of nitrogens with zero attached hydrogens (tertiary/aromatic N) is 1. The molecule has 4 nitrogen and oxygen atoms in total. The van der Waals surface area contributed by atoms with Crippen molar-refractivity contribution >= 4 is 46.5 Å². The third-order valence-electron chi connectivity index (χ3n) is 2.69. The Labute approximate surface area is 143 Å². The number of carbonyl (C=O) groups excluding carboxylic acids is 1. The average molecular weight is 360 g/mol. The summed E-state index contributed by atoms with van der Waals surface area (Å²) < 4.78 is 5.50. The standard InChI is InChI=1S/C15H13Cl3N2O2/c16-10-3-5-13(12(18)8-10)22-7-1-2-15(21)20-14-6-4-11(17)9-19-14/h3-6,8-9H,1-2,7H2,(H,19,20,21). The topological polar surface area (TPSA) is 51.2 Å². The fourth-order valence-electron chi connectivity index (χ4n) is 1.66. The van der Waals surface area contributed by atoms with Crippen LogP contribution in [0.15, 0.2) is 36.5 Å². The fourth-order valence-corrected chi connectivity index (χ4v) is 2.24. The normalized spacial score (nSPS) is 10.3. The molecule has 116 valence electrons. The van der Waals surface area contributed by atoms with Crippen LogP contribution in [0.1, 0.15) is 12.8 Å². The highest BCUT2D eigenvalue weighted by Crippen LogP contribution is 2.27. The molecular formula is C15H13Cl3N2O2. The van der Waals surface area contributed by atoms with Gasteiger partial charge in [0.25, 0.3) is 0 Å². The molecule has 0 aliphatic carbocycles. The first-order chi connectivity index (χ1) is 10.5. The Kier molecular flexibility index (Phi) is 6.31. The molecule has 1 amide bonds. The van der Waals surface area contributed by atoms with E-state index in [0.717, 1.165) is 0 Å². The molecule has 0 aliphatic heterocycles. The van der Waals surface area contributed by atoms with E-state index in [0.29, 0.717) is 46.1 Å². The van der Waals surface area contributed by atoms with E-state index in [1.807, 2.05) is 0 Å². The lowest BCUT2D eigenvalue weighted by molar-refractivity contribution is -0.116. The Morgan fingerprint density at radius 2 is 1.91 bits per heavy atom. The zero-order valence-corrected chi connectivity index (χ0v) is 13.8. The highest BCUT2D eigenvalue weighted by Gasteiger charge is 2.05. The Balaban J connectivity index is 1.72. The number of hydrogen-bond acceptors (Lipinski definition) is 3. The van der Waals surface area contributed by atoms with Gasteiger partial charge in [-0.25, -0.2) is 4.98 Å². The highest BCUT2D eigenvalue weighted by molar-refractivity contribution is 6.35. The molecule has 0 radical (unpaired) electrons. The number of halogens is 3. The summed E-state index contributed by atoms with van der Waals surface area (Å²) in [5, 5.41) is 4.19. The van der Waals surface area contributed by atoms with Crippen LogP contribution in [0.25, 0.3) is 0 Å². The maximum atomic E-state index is 11.7. The van der Waals surface area contributed by atoms with Gasteiger partial charge in [-0.05, 0) is 36.8 Å². The molecule has 0 bridgehead atoms. The zero-order valence-electron chi connectivity index (χ0n) is 11.5. The van der Waals surface area contributed by atoms with Crippen LogP contribution in [0.3, 0.4) is 0 Å². The van der Waals surface area contributed by atoms with Gasteiger partial charge in [-0.2, -0.15) is 0 Å². The zero-order chi connectivity index (χ0) is 15.9. The van der Waals surface area contributed by atoms with Crippen molar-refractivity contribution in [2.24, 2.45) is 0 Å². The second-order valence-corrected chi connectivity index (χ2v) is 5.72. The van der Waals surface area contributed by atoms with E-state index >= 15 is 0 Å². The van der Waals surface area contributed by atoms with Crippen molar-refractivity contribution in [1.82, 2.24) is 4.98 Å². The lowest BCUT2D eigenvalue weighted by atomic mass is 10.3. The van der Waals surface area contributed by atoms with Gasteiger partial charge in [0.05, 0.1) is 16.7 Å². The van der Waals surface area contributed by atoms with E-state index in [1.165, 1.54) is 6.20 Å². The molecule has 0 saturated carbocycles. The van der Waals surface area contributed by atoms with Crippen molar-refractivity contribution in [3.05, 3.63) is 51.6 Å². The summed E-state index contributed by atoms with van der Waals surface area (Å²) in [6.45, 7) is 0.378. The van der Waals surface area contributed by atoms with Crippen LogP contribution in [-0.2, 0) is 4.79 Å². The molecule has 0 atom stereocenters. The molecule has 2 aromatic rings. The largest absolute Gasteiger partial charge is 0.492 e. The van der Waals surface area contributed by atoms with Gasteiger partial charge in [0.2, 0.25) is 5.91 Å². The van der Waals surface area contributed by atoms with Crippen LogP contribution in [0.5, 0.6) is 5.75 Å². The summed E-state index contributed by atoms with van der Waals surface area (Å²) in [7, 11) is 0. The summed E-state index contributed by atoms with van der Waals surface area (Å²) >= 11 is 17.5. The van der Waals surface area contributed by atoms with Crippen molar-refractivity contribution in [1.29, 1.82) is 0 Å². The second-order valence-electron chi connectivity index (χ2n) is 4.44. The van der Waals surface area contributed by atoms with Gasteiger partial charge in [0.15, 0.2) is 0 Å². The van der Waals surface area contributed by atoms with Gasteiger partial charge >= 0.3 is 0 Å². The molecule has 1 N–H and O–H groups in total. The predicted octanol–water partition coefficient (Wildman–Crippen LogP) is 4.84. The molecule has 0 saturated heterocycles. The number of hydrogen-bond donors (Lipinski definition) is 1. The first kappa shape index (κ1) is 16.9. The number of rotatable bonds is 6. The van der Waals surface area contributed by atoms with Gasteiger partial charge in [0.1, 0.15) is 11.6 Å². The lowest BCUT2D eigenvalue weighted by Gasteiger charge is -2.08. The fraction of sp³-hybridized carbons (Fsp3) is 0.200. The predicted molar refractivity (Wildman–Crippen MR) is 89.1 cm³/mol. The van der Waals surface area contributed by atoms with Gasteiger partial charge < -0.3 is 10.1 Å². The van der Waals surface area contributed by atoms with E-state index in [1.54, 1.807) is 30.3 Å². The van der Waals surface area contributed by atoms with Gasteiger partial charge in [-0.3, -0.25) is 4.79 Å². The number of benzene rings is 1. The van der Waals surface area contributed by atoms with Gasteiger partial charge in [-0.15, -0.1) is 0 Å². The van der Waals surface area contributed by atoms with E-state index in [4.69, 9.17) is 39.5 Å². The quantitative estimate of drug-likeness (QED) is 0.751. The van der Waals surface area contributed by atoms with Gasteiger partial charge in [-0.1, -0.05) is 34.8 Å². The average Bonchev–Trinajstić information content (AvgIpc) is 2.48. The maximum absolute atomic E-state index is 11.7. The summed E-state index contributed by atoms with van der Waals surface area (Å²) in [4.78, 5) is 15.7. The number of amides is 1. The number of nitrogens with one attached hydrogen (secondary N) is 1. The Morgan fingerprint density at radius 3 is 2.59 bits per heavy atom. The molecule has 1 heterocycles. The summed E-state index contributed by atoms with van der Waals surface area (Å²) in [6.07, 6.45) is 2.34. The highest BCUT2D eigenvalue weighted by atomic mass is 35.5. The number of ether oxygens (including phenoxy) is 1. The Morgan fingerprint density at radius 1 is 1.14 bits per heavy atom. The smallest absolute Gasteiger partial charge is 0.225 e. The first-order valence-electron chi connectivity index (χ1n) is 6.54. The van der Waals surface area contributed by atoms with E-state index in [2.05, 4.69) is 10.3 Å². The molecular weight excluding hydrogens is 347 g/mol. The molecule has 22 heavy (non-hydrogen) atoms. The van der Waals surface area contributed by atoms with Gasteiger partial charge in [0, 0.05) is 17.6 Å². The molecule has 1 aromatic heterocycles. The Bertz CT molecular complexity index is 648. The van der Waals surface area contributed by atoms with Crippen LogP contribution in [-0.4, -0.2) is 17.5 Å². The minimum atomic E-state index is -0.138. The minimum absolute atomic E-state index is 0.138. The van der Waals surface area contributed by atoms with Crippen LogP contribution in [0.4, 0.5) is 5.82 Å². The molecule has 0 fully saturated rings. The molecule has 1 aromatic carbocycles. The van der Waals surface area contributed by atoms with Crippen molar-refractivity contribution in [3.8, 4) is 5.75 Å². The van der Waals surface area contributed by atoms with E-state index in [9.17, 15) is 4.79 Å². The SMILES string of the molecule is O=C(CCCOc1ccc(Cl)cc1Cl)Nc1ccc(Cl)cn1. The summed E-state index contributed by atoms with van der Waals surface area (Å²) in [5.41, 5.74) is 0. The second kappa shape index (κ2) is 8.22. The minimum Gasteiger partial charge on any atom is -0.492 e. The molecule has 2 rings (SSSR count). The van der Waals surface area contributed by atoms with Crippen molar-refractivity contribution in [2.75, 3.05) is 11.9 Å². The van der Waals surface area contributed by atoms with Crippen molar-refractivity contribution in [3.63, 3.8) is 0 Å². The molecule has 0 unspecified atom stereocenters. The lowest BCUT2D eigenvalue weighted by Crippen LogP contribution is -2.13. The van der Waals surface area contributed by atoms with Crippen LogP contribution >= 0.6 is 34.8 Å². The van der Waals surface area contributed by atoms with Crippen molar-refractivity contribution < 1.29 is 9.53 Å². The van der Waals surface area contributed by atoms with Crippen LogP contribution < -0.4 is 10.1 Å². The summed E-state index contributed by atoms with van der Waals surface area (Å²) in [6, 6.07) is 8.31. The van der Waals surface area contributed by atoms with E-state index in [-0.39, 0.29) is 5.91 Å². The van der Waals surface area contributed by atoms with E-state index < -0.39 is 0 Å². The third-order valence-corrected chi connectivity index (χ3v) is 3.45. The van der Waals surface area contributed by atoms with Crippen LogP contribution in [0, 0.1) is 0 Å². The Hall–Kier alpha value is -1.49. The molecule has 0 spiro atoms. The third kappa shape index (κ3) is 5.37. The number of pyridine rings is 1. The maximum Gasteiger partial charge on any atom is 0.225 e. The first-order valence-corrected chi connectivity index (χ1v) is 7.67. The number of carbonyl (C=O) groups is 1. The molecule has 0 aliphatic rings. The molecule has 7 heteroatoms. The monoisotopic (exact) mass is 358 g/mol. The van der Waals surface area contributed by atoms with Crippen molar-refractivity contribution in [2.45, 2.75) is 12.8 Å². The number of aromatic nitrogens is 1.